The Bertz CT molecular complexity index is 526. The fraction of sp³-hybridized carbons (Fsp3) is 0.909. The highest BCUT2D eigenvalue weighted by Crippen LogP contribution is 2.45. The van der Waals surface area contributed by atoms with E-state index in [0.717, 1.165) is 0 Å². The molecule has 1 saturated heterocycles. The van der Waals surface area contributed by atoms with E-state index < -0.39 is 39.4 Å². The Morgan fingerprint density at radius 3 is 2.05 bits per heavy atom. The van der Waals surface area contributed by atoms with Gasteiger partial charge in [0, 0.05) is 12.8 Å². The smallest absolute Gasteiger partial charge is 0.481 e. The van der Waals surface area contributed by atoms with E-state index in [2.05, 4.69) is 4.18 Å². The van der Waals surface area contributed by atoms with Gasteiger partial charge in [0.2, 0.25) is 0 Å². The number of halogens is 3. The Morgan fingerprint density at radius 2 is 1.64 bits per heavy atom. The predicted octanol–water partition coefficient (Wildman–Crippen LogP) is 1.24. The molecule has 0 bridgehead atoms. The Labute approximate surface area is 124 Å². The number of carboxylic acids is 1. The SMILES string of the molecule is O=C(O)C1(COS(=O)(=O)C(F)(F)F)CCC2(CC1)OCCO2. The van der Waals surface area contributed by atoms with Gasteiger partial charge in [0.05, 0.1) is 25.2 Å². The molecular weight excluding hydrogens is 333 g/mol. The molecule has 1 N–H and O–H groups in total. The van der Waals surface area contributed by atoms with Crippen LogP contribution in [0.3, 0.4) is 0 Å². The van der Waals surface area contributed by atoms with Gasteiger partial charge in [0.1, 0.15) is 0 Å². The average Bonchev–Trinajstić information content (AvgIpc) is 2.86. The lowest BCUT2D eigenvalue weighted by Gasteiger charge is -2.40. The first-order valence-electron chi connectivity index (χ1n) is 6.49. The number of alkyl halides is 3. The number of carboxylic acid groups (broad SMARTS) is 1. The van der Waals surface area contributed by atoms with Gasteiger partial charge in [0.15, 0.2) is 5.79 Å². The van der Waals surface area contributed by atoms with E-state index in [0.29, 0.717) is 13.2 Å². The minimum Gasteiger partial charge on any atom is -0.481 e. The van der Waals surface area contributed by atoms with Crippen molar-refractivity contribution < 1.29 is 45.1 Å². The first kappa shape index (κ1) is 17.4. The summed E-state index contributed by atoms with van der Waals surface area (Å²) in [7, 11) is -5.82. The van der Waals surface area contributed by atoms with Gasteiger partial charge >= 0.3 is 21.6 Å². The average molecular weight is 348 g/mol. The van der Waals surface area contributed by atoms with Crippen molar-refractivity contribution in [1.82, 2.24) is 0 Å². The summed E-state index contributed by atoms with van der Waals surface area (Å²) < 4.78 is 73.3. The number of hydrogen-bond donors (Lipinski definition) is 1. The maximum atomic E-state index is 12.3. The van der Waals surface area contributed by atoms with Crippen LogP contribution in [0.15, 0.2) is 0 Å². The molecule has 2 aliphatic rings. The van der Waals surface area contributed by atoms with Crippen LogP contribution in [0, 0.1) is 5.41 Å². The third-order valence-electron chi connectivity index (χ3n) is 4.01. The second-order valence-electron chi connectivity index (χ2n) is 5.36. The lowest BCUT2D eigenvalue weighted by Crippen LogP contribution is -2.47. The summed E-state index contributed by atoms with van der Waals surface area (Å²) in [6.45, 7) is -0.349. The Balaban J connectivity index is 2.07. The molecule has 11 heteroatoms. The molecular formula is C11H15F3O7S. The quantitative estimate of drug-likeness (QED) is 0.603. The van der Waals surface area contributed by atoms with Gasteiger partial charge in [-0.25, -0.2) is 0 Å². The second-order valence-corrected chi connectivity index (χ2v) is 6.96. The predicted molar refractivity (Wildman–Crippen MR) is 64.1 cm³/mol. The molecule has 1 heterocycles. The highest BCUT2D eigenvalue weighted by molar-refractivity contribution is 7.87. The third kappa shape index (κ3) is 3.21. The Morgan fingerprint density at radius 1 is 1.14 bits per heavy atom. The van der Waals surface area contributed by atoms with Gasteiger partial charge in [-0.2, -0.15) is 21.6 Å². The van der Waals surface area contributed by atoms with Gasteiger partial charge in [-0.05, 0) is 12.8 Å². The number of ether oxygens (including phenoxy) is 2. The third-order valence-corrected chi connectivity index (χ3v) is 5.01. The molecule has 2 fully saturated rings. The van der Waals surface area contributed by atoms with Crippen molar-refractivity contribution in [3.8, 4) is 0 Å². The molecule has 0 unspecified atom stereocenters. The first-order chi connectivity index (χ1) is 10.0. The molecule has 1 aliphatic heterocycles. The van der Waals surface area contributed by atoms with Crippen molar-refractivity contribution in [2.75, 3.05) is 19.8 Å². The van der Waals surface area contributed by atoms with E-state index in [1.165, 1.54) is 0 Å². The summed E-state index contributed by atoms with van der Waals surface area (Å²) in [6, 6.07) is 0. The van der Waals surface area contributed by atoms with Crippen LogP contribution < -0.4 is 0 Å². The zero-order valence-electron chi connectivity index (χ0n) is 11.4. The highest BCUT2D eigenvalue weighted by Gasteiger charge is 2.53. The van der Waals surface area contributed by atoms with E-state index in [-0.39, 0.29) is 25.7 Å². The van der Waals surface area contributed by atoms with E-state index in [9.17, 15) is 31.5 Å². The standard InChI is InChI=1S/C11H15F3O7S/c12-11(13,14)22(17,18)21-7-9(8(15)16)1-3-10(4-2-9)19-5-6-20-10/h1-7H2,(H,15,16). The van der Waals surface area contributed by atoms with E-state index in [1.54, 1.807) is 0 Å². The summed E-state index contributed by atoms with van der Waals surface area (Å²) in [6.07, 6.45) is 0.0921. The number of hydrogen-bond acceptors (Lipinski definition) is 6. The Kier molecular flexibility index (Phi) is 4.46. The monoisotopic (exact) mass is 348 g/mol. The molecule has 0 aromatic heterocycles. The summed E-state index contributed by atoms with van der Waals surface area (Å²) in [5.74, 6) is -2.32. The fourth-order valence-corrected chi connectivity index (χ4v) is 3.09. The molecule has 1 spiro atoms. The van der Waals surface area contributed by atoms with Gasteiger partial charge in [0.25, 0.3) is 0 Å². The number of aliphatic carboxylic acids is 1. The van der Waals surface area contributed by atoms with Crippen molar-refractivity contribution >= 4 is 16.1 Å². The molecule has 2 rings (SSSR count). The zero-order chi connectivity index (χ0) is 16.6. The van der Waals surface area contributed by atoms with Crippen LogP contribution in [0.4, 0.5) is 13.2 Å². The molecule has 0 radical (unpaired) electrons. The summed E-state index contributed by atoms with van der Waals surface area (Å²) in [5, 5.41) is 9.28. The maximum absolute atomic E-state index is 12.3. The molecule has 0 atom stereocenters. The van der Waals surface area contributed by atoms with Gasteiger partial charge in [-0.15, -0.1) is 0 Å². The van der Waals surface area contributed by atoms with Crippen LogP contribution in [0.25, 0.3) is 0 Å². The molecule has 0 aromatic carbocycles. The van der Waals surface area contributed by atoms with E-state index in [4.69, 9.17) is 9.47 Å². The topological polar surface area (TPSA) is 99.1 Å². The second kappa shape index (κ2) is 5.62. The maximum Gasteiger partial charge on any atom is 0.523 e. The van der Waals surface area contributed by atoms with Crippen molar-refractivity contribution in [2.45, 2.75) is 37.0 Å². The van der Waals surface area contributed by atoms with Crippen LogP contribution in [0.2, 0.25) is 0 Å². The number of carbonyl (C=O) groups is 1. The molecule has 0 aromatic rings. The number of rotatable bonds is 4. The van der Waals surface area contributed by atoms with Crippen LogP contribution in [-0.4, -0.2) is 50.6 Å². The molecule has 22 heavy (non-hydrogen) atoms. The molecule has 1 saturated carbocycles. The van der Waals surface area contributed by atoms with Crippen molar-refractivity contribution in [2.24, 2.45) is 5.41 Å². The summed E-state index contributed by atoms with van der Waals surface area (Å²) >= 11 is 0. The largest absolute Gasteiger partial charge is 0.523 e. The van der Waals surface area contributed by atoms with Gasteiger partial charge in [-0.3, -0.25) is 8.98 Å². The molecule has 1 aliphatic carbocycles. The fourth-order valence-electron chi connectivity index (χ4n) is 2.57. The van der Waals surface area contributed by atoms with E-state index >= 15 is 0 Å². The van der Waals surface area contributed by atoms with Gasteiger partial charge < -0.3 is 14.6 Å². The van der Waals surface area contributed by atoms with E-state index in [1.807, 2.05) is 0 Å². The van der Waals surface area contributed by atoms with Gasteiger partial charge in [-0.1, -0.05) is 0 Å². The molecule has 7 nitrogen and oxygen atoms in total. The highest BCUT2D eigenvalue weighted by atomic mass is 32.2. The normalized spacial score (nSPS) is 24.5. The van der Waals surface area contributed by atoms with Crippen LogP contribution in [0.1, 0.15) is 25.7 Å². The zero-order valence-corrected chi connectivity index (χ0v) is 12.2. The lowest BCUT2D eigenvalue weighted by atomic mass is 9.72. The van der Waals surface area contributed by atoms with Crippen LogP contribution in [0.5, 0.6) is 0 Å². The van der Waals surface area contributed by atoms with Crippen molar-refractivity contribution in [1.29, 1.82) is 0 Å². The first-order valence-corrected chi connectivity index (χ1v) is 7.90. The minimum atomic E-state index is -5.82. The summed E-state index contributed by atoms with van der Waals surface area (Å²) in [5.41, 5.74) is -7.29. The molecule has 0 amide bonds. The van der Waals surface area contributed by atoms with Crippen LogP contribution in [-0.2, 0) is 28.6 Å². The van der Waals surface area contributed by atoms with Crippen molar-refractivity contribution in [3.63, 3.8) is 0 Å². The molecule has 128 valence electrons. The Hall–Kier alpha value is -0.910. The minimum absolute atomic E-state index is 0.101. The summed E-state index contributed by atoms with van der Waals surface area (Å²) in [4.78, 5) is 11.4. The van der Waals surface area contributed by atoms with Crippen LogP contribution >= 0.6 is 0 Å². The van der Waals surface area contributed by atoms with Crippen molar-refractivity contribution in [3.05, 3.63) is 0 Å². The lowest BCUT2D eigenvalue weighted by molar-refractivity contribution is -0.200.